The molecule has 0 aliphatic carbocycles. The summed E-state index contributed by atoms with van der Waals surface area (Å²) in [6.07, 6.45) is -0.0213. The number of carboxylic acid groups (broad SMARTS) is 1. The summed E-state index contributed by atoms with van der Waals surface area (Å²) in [4.78, 5) is 43.1. The van der Waals surface area contributed by atoms with Crippen LogP contribution in [-0.2, 0) is 27.4 Å². The number of imide groups is 1. The second kappa shape index (κ2) is 11.8. The molecule has 4 aromatic carbocycles. The first-order valence-electron chi connectivity index (χ1n) is 14.3. The fourth-order valence-electron chi connectivity index (χ4n) is 6.42. The molecule has 2 saturated heterocycles. The number of amides is 2. The monoisotopic (exact) mass is 610 g/mol. The fraction of sp³-hybridized carbons (Fsp3) is 0.229. The van der Waals surface area contributed by atoms with Crippen molar-refractivity contribution in [3.8, 4) is 11.5 Å². The number of benzene rings is 4. The zero-order valence-electron chi connectivity index (χ0n) is 24.2. The molecule has 2 N–H and O–H groups in total. The predicted molar refractivity (Wildman–Crippen MR) is 166 cm³/mol. The smallest absolute Gasteiger partial charge is 0.325 e. The van der Waals surface area contributed by atoms with Gasteiger partial charge in [-0.05, 0) is 41.8 Å². The number of aryl methyl sites for hydroxylation is 1. The highest BCUT2D eigenvalue weighted by atomic mass is 35.5. The first-order chi connectivity index (χ1) is 21.2. The van der Waals surface area contributed by atoms with Crippen molar-refractivity contribution in [1.82, 2.24) is 5.32 Å². The summed E-state index contributed by atoms with van der Waals surface area (Å²) >= 11 is 6.40. The van der Waals surface area contributed by atoms with Gasteiger partial charge in [-0.2, -0.15) is 0 Å². The minimum absolute atomic E-state index is 0.0213. The molecule has 0 aromatic heterocycles. The summed E-state index contributed by atoms with van der Waals surface area (Å²) in [5.41, 5.74) is 1.44. The Kier molecular flexibility index (Phi) is 7.88. The van der Waals surface area contributed by atoms with Crippen molar-refractivity contribution in [3.63, 3.8) is 0 Å². The van der Waals surface area contributed by atoms with Crippen LogP contribution in [0.5, 0.6) is 11.5 Å². The third-order valence-electron chi connectivity index (χ3n) is 8.57. The first kappa shape index (κ1) is 29.4. The number of nitrogens with one attached hydrogen (secondary N) is 1. The molecule has 2 aliphatic rings. The molecular formula is C35H31ClN2O6. The maximum absolute atomic E-state index is 14.3. The van der Waals surface area contributed by atoms with E-state index in [-0.39, 0.29) is 13.0 Å². The third kappa shape index (κ3) is 5.00. The number of fused-ring (bicyclic) bond motifs is 1. The highest BCUT2D eigenvalue weighted by molar-refractivity contribution is 6.32. The van der Waals surface area contributed by atoms with Crippen LogP contribution in [0.1, 0.15) is 28.3 Å². The SMILES string of the molecule is COc1cccc(C2NC(Cc3ccccc3)(C(=O)O)C3C(=O)N(c4ccc(C)c(Cl)c4)C(=O)C23)c1OCc1ccccc1. The van der Waals surface area contributed by atoms with Crippen molar-refractivity contribution in [2.24, 2.45) is 11.8 Å². The number of hydrogen-bond donors (Lipinski definition) is 2. The largest absolute Gasteiger partial charge is 0.493 e. The van der Waals surface area contributed by atoms with Crippen molar-refractivity contribution >= 4 is 35.1 Å². The van der Waals surface area contributed by atoms with Gasteiger partial charge in [0.15, 0.2) is 11.5 Å². The number of halogens is 1. The number of ether oxygens (including phenoxy) is 2. The number of nitrogens with zero attached hydrogens (tertiary/aromatic N) is 1. The maximum atomic E-state index is 14.3. The van der Waals surface area contributed by atoms with Crippen molar-refractivity contribution in [2.45, 2.75) is 31.5 Å². The molecule has 4 aromatic rings. The molecule has 224 valence electrons. The topological polar surface area (TPSA) is 105 Å². The zero-order valence-corrected chi connectivity index (χ0v) is 25.0. The Morgan fingerprint density at radius 3 is 2.25 bits per heavy atom. The number of aliphatic carboxylic acids is 1. The molecule has 0 saturated carbocycles. The lowest BCUT2D eigenvalue weighted by Gasteiger charge is -2.31. The Bertz CT molecular complexity index is 1730. The highest BCUT2D eigenvalue weighted by Gasteiger charge is 2.69. The van der Waals surface area contributed by atoms with Gasteiger partial charge in [0.1, 0.15) is 12.1 Å². The maximum Gasteiger partial charge on any atom is 0.325 e. The van der Waals surface area contributed by atoms with Crippen LogP contribution < -0.4 is 19.7 Å². The van der Waals surface area contributed by atoms with Gasteiger partial charge in [0.25, 0.3) is 0 Å². The quantitative estimate of drug-likeness (QED) is 0.232. The molecule has 8 nitrogen and oxygen atoms in total. The highest BCUT2D eigenvalue weighted by Crippen LogP contribution is 2.53. The second-order valence-corrected chi connectivity index (χ2v) is 11.6. The van der Waals surface area contributed by atoms with Gasteiger partial charge < -0.3 is 14.6 Å². The standard InChI is InChI=1S/C35H31ClN2O6/c1-21-16-17-24(18-26(21)36)38-32(39)28-29(33(38)40)35(34(41)42,19-22-10-5-3-6-11-22)37-30(28)25-14-9-15-27(43-2)31(25)44-20-23-12-7-4-8-13-23/h3-18,28-30,37H,19-20H2,1-2H3,(H,41,42). The molecule has 6 rings (SSSR count). The molecular weight excluding hydrogens is 580 g/mol. The van der Waals surface area contributed by atoms with Crippen LogP contribution in [0.2, 0.25) is 5.02 Å². The van der Waals surface area contributed by atoms with Crippen LogP contribution in [0.15, 0.2) is 97.1 Å². The van der Waals surface area contributed by atoms with Crippen molar-refractivity contribution in [1.29, 1.82) is 0 Å². The number of hydrogen-bond acceptors (Lipinski definition) is 6. The van der Waals surface area contributed by atoms with E-state index >= 15 is 0 Å². The summed E-state index contributed by atoms with van der Waals surface area (Å²) in [5.74, 6) is -3.80. The minimum Gasteiger partial charge on any atom is -0.493 e. The lowest BCUT2D eigenvalue weighted by atomic mass is 9.76. The van der Waals surface area contributed by atoms with Gasteiger partial charge in [-0.15, -0.1) is 0 Å². The van der Waals surface area contributed by atoms with Gasteiger partial charge in [0.2, 0.25) is 11.8 Å². The van der Waals surface area contributed by atoms with E-state index in [4.69, 9.17) is 21.1 Å². The minimum atomic E-state index is -1.80. The normalized spacial score (nSPS) is 22.6. The van der Waals surface area contributed by atoms with Crippen LogP contribution in [0.4, 0.5) is 5.69 Å². The van der Waals surface area contributed by atoms with Crippen molar-refractivity contribution in [3.05, 3.63) is 124 Å². The molecule has 9 heteroatoms. The summed E-state index contributed by atoms with van der Waals surface area (Å²) in [6.45, 7) is 2.04. The van der Waals surface area contributed by atoms with Gasteiger partial charge in [0, 0.05) is 23.0 Å². The van der Waals surface area contributed by atoms with E-state index in [2.05, 4.69) is 5.32 Å². The number of anilines is 1. The number of carbonyl (C=O) groups excluding carboxylic acids is 2. The van der Waals surface area contributed by atoms with E-state index in [1.54, 1.807) is 36.4 Å². The molecule has 0 spiro atoms. The number of carboxylic acids is 1. The Balaban J connectivity index is 1.49. The molecule has 4 unspecified atom stereocenters. The molecule has 44 heavy (non-hydrogen) atoms. The van der Waals surface area contributed by atoms with Crippen LogP contribution in [0, 0.1) is 18.8 Å². The Labute approximate surface area is 260 Å². The Hall–Kier alpha value is -4.66. The summed E-state index contributed by atoms with van der Waals surface area (Å²) in [7, 11) is 1.52. The molecule has 2 heterocycles. The number of para-hydroxylation sites is 1. The average Bonchev–Trinajstić information content (AvgIpc) is 3.51. The van der Waals surface area contributed by atoms with Crippen LogP contribution in [0.25, 0.3) is 0 Å². The Morgan fingerprint density at radius 2 is 1.61 bits per heavy atom. The van der Waals surface area contributed by atoms with E-state index in [1.807, 2.05) is 67.6 Å². The third-order valence-corrected chi connectivity index (χ3v) is 8.97. The van der Waals surface area contributed by atoms with Gasteiger partial charge in [0.05, 0.1) is 24.6 Å². The zero-order chi connectivity index (χ0) is 31.0. The lowest BCUT2D eigenvalue weighted by Crippen LogP contribution is -2.57. The van der Waals surface area contributed by atoms with Crippen molar-refractivity contribution < 1.29 is 29.0 Å². The molecule has 2 amide bonds. The van der Waals surface area contributed by atoms with Gasteiger partial charge >= 0.3 is 5.97 Å². The summed E-state index contributed by atoms with van der Waals surface area (Å²) in [6, 6.07) is 28.0. The molecule has 0 radical (unpaired) electrons. The Morgan fingerprint density at radius 1 is 0.932 bits per heavy atom. The van der Waals surface area contributed by atoms with E-state index in [0.29, 0.717) is 33.3 Å². The molecule has 4 atom stereocenters. The van der Waals surface area contributed by atoms with E-state index in [0.717, 1.165) is 16.0 Å². The second-order valence-electron chi connectivity index (χ2n) is 11.2. The molecule has 2 fully saturated rings. The number of rotatable bonds is 9. The van der Waals surface area contributed by atoms with Crippen LogP contribution in [0.3, 0.4) is 0 Å². The van der Waals surface area contributed by atoms with Gasteiger partial charge in [-0.1, -0.05) is 90.5 Å². The number of methoxy groups -OCH3 is 1. The van der Waals surface area contributed by atoms with E-state index in [1.165, 1.54) is 7.11 Å². The first-order valence-corrected chi connectivity index (χ1v) is 14.7. The summed E-state index contributed by atoms with van der Waals surface area (Å²) < 4.78 is 12.0. The van der Waals surface area contributed by atoms with Crippen molar-refractivity contribution in [2.75, 3.05) is 12.0 Å². The van der Waals surface area contributed by atoms with Crippen LogP contribution >= 0.6 is 11.6 Å². The average molecular weight is 611 g/mol. The molecule has 0 bridgehead atoms. The fourth-order valence-corrected chi connectivity index (χ4v) is 6.60. The van der Waals surface area contributed by atoms with Gasteiger partial charge in [-0.25, -0.2) is 4.90 Å². The lowest BCUT2D eigenvalue weighted by molar-refractivity contribution is -0.148. The van der Waals surface area contributed by atoms with Gasteiger partial charge in [-0.3, -0.25) is 19.7 Å². The van der Waals surface area contributed by atoms with Crippen LogP contribution in [-0.4, -0.2) is 35.5 Å². The number of carbonyl (C=O) groups is 3. The predicted octanol–water partition coefficient (Wildman–Crippen LogP) is 5.75. The summed E-state index contributed by atoms with van der Waals surface area (Å²) in [5, 5.41) is 14.6. The van der Waals surface area contributed by atoms with E-state index in [9.17, 15) is 19.5 Å². The molecule has 2 aliphatic heterocycles. The van der Waals surface area contributed by atoms with E-state index < -0.39 is 41.2 Å².